The number of aliphatic imine (C=N–C) groups is 1. The van der Waals surface area contributed by atoms with Gasteiger partial charge in [-0.05, 0) is 96.0 Å². The zero-order valence-corrected chi connectivity index (χ0v) is 22.5. The van der Waals surface area contributed by atoms with Gasteiger partial charge in [-0.15, -0.1) is 0 Å². The van der Waals surface area contributed by atoms with Gasteiger partial charge < -0.3 is 24.3 Å². The van der Waals surface area contributed by atoms with Gasteiger partial charge in [0, 0.05) is 38.8 Å². The van der Waals surface area contributed by atoms with Crippen molar-refractivity contribution in [3.8, 4) is 0 Å². The number of hydrogen-bond donors (Lipinski definition) is 0. The highest BCUT2D eigenvalue weighted by molar-refractivity contribution is 5.75. The summed E-state index contributed by atoms with van der Waals surface area (Å²) in [5, 5.41) is 0. The molecular weight excluding hydrogens is 454 g/mol. The molecule has 1 aliphatic carbocycles. The summed E-state index contributed by atoms with van der Waals surface area (Å²) in [4.78, 5) is 38.0. The van der Waals surface area contributed by atoms with E-state index in [0.717, 1.165) is 70.5 Å². The van der Waals surface area contributed by atoms with Crippen molar-refractivity contribution < 1.29 is 14.3 Å². The minimum absolute atomic E-state index is 0.114. The number of likely N-dealkylation sites (tertiary alicyclic amines) is 3. The predicted octanol–water partition coefficient (Wildman–Crippen LogP) is 4.39. The number of hydrogen-bond acceptors (Lipinski definition) is 5. The second-order valence-electron chi connectivity index (χ2n) is 11.2. The Kier molecular flexibility index (Phi) is 8.75. The SMILES string of the molecule is C=NC(=CC=CC)CN(C)C(=O)N1CCCC1C1CCN(C2CC3(CCN(C(=O)OCC)C3)C2)CC1. The van der Waals surface area contributed by atoms with Crippen molar-refractivity contribution in [2.45, 2.75) is 70.9 Å². The Labute approximate surface area is 217 Å². The van der Waals surface area contributed by atoms with E-state index in [-0.39, 0.29) is 12.1 Å². The van der Waals surface area contributed by atoms with E-state index in [1.54, 1.807) is 4.90 Å². The molecule has 36 heavy (non-hydrogen) atoms. The number of carbonyl (C=O) groups excluding carboxylic acids is 2. The van der Waals surface area contributed by atoms with Gasteiger partial charge in [-0.25, -0.2) is 9.59 Å². The smallest absolute Gasteiger partial charge is 0.409 e. The van der Waals surface area contributed by atoms with Crippen LogP contribution >= 0.6 is 0 Å². The van der Waals surface area contributed by atoms with Crippen LogP contribution in [0.2, 0.25) is 0 Å². The molecule has 1 atom stereocenters. The van der Waals surface area contributed by atoms with Gasteiger partial charge in [0.05, 0.1) is 18.8 Å². The molecule has 0 aromatic heterocycles. The first kappa shape index (κ1) is 26.7. The maximum Gasteiger partial charge on any atom is 0.409 e. The van der Waals surface area contributed by atoms with Crippen molar-refractivity contribution in [1.29, 1.82) is 0 Å². The molecule has 1 unspecified atom stereocenters. The molecule has 3 saturated heterocycles. The van der Waals surface area contributed by atoms with Crippen LogP contribution in [0.25, 0.3) is 0 Å². The molecule has 1 saturated carbocycles. The summed E-state index contributed by atoms with van der Waals surface area (Å²) in [6.07, 6.45) is 13.7. The average molecular weight is 500 g/mol. The van der Waals surface area contributed by atoms with Crippen LogP contribution in [0.15, 0.2) is 28.9 Å². The van der Waals surface area contributed by atoms with Crippen molar-refractivity contribution in [3.63, 3.8) is 0 Å². The molecule has 0 N–H and O–H groups in total. The zero-order valence-electron chi connectivity index (χ0n) is 22.5. The van der Waals surface area contributed by atoms with Gasteiger partial charge in [-0.1, -0.05) is 12.2 Å². The summed E-state index contributed by atoms with van der Waals surface area (Å²) < 4.78 is 5.20. The van der Waals surface area contributed by atoms with Crippen LogP contribution in [0.3, 0.4) is 0 Å². The van der Waals surface area contributed by atoms with E-state index in [1.807, 2.05) is 44.0 Å². The lowest BCUT2D eigenvalue weighted by Crippen LogP contribution is -2.55. The number of piperidine rings is 1. The van der Waals surface area contributed by atoms with Gasteiger partial charge in [0.2, 0.25) is 0 Å². The molecule has 0 bridgehead atoms. The summed E-state index contributed by atoms with van der Waals surface area (Å²) in [5.74, 6) is 0.580. The highest BCUT2D eigenvalue weighted by Crippen LogP contribution is 2.51. The molecular formula is C28H45N5O3. The van der Waals surface area contributed by atoms with Crippen LogP contribution in [0, 0.1) is 11.3 Å². The van der Waals surface area contributed by atoms with Gasteiger partial charge in [0.15, 0.2) is 0 Å². The number of urea groups is 1. The Balaban J connectivity index is 1.24. The fourth-order valence-electron chi connectivity index (χ4n) is 6.92. The Bertz CT molecular complexity index is 857. The first-order valence-corrected chi connectivity index (χ1v) is 13.9. The monoisotopic (exact) mass is 499 g/mol. The second kappa shape index (κ2) is 11.8. The highest BCUT2D eigenvalue weighted by Gasteiger charge is 2.51. The van der Waals surface area contributed by atoms with E-state index in [1.165, 1.54) is 12.8 Å². The molecule has 3 aliphatic heterocycles. The van der Waals surface area contributed by atoms with Gasteiger partial charge in [0.25, 0.3) is 0 Å². The molecule has 4 rings (SSSR count). The summed E-state index contributed by atoms with van der Waals surface area (Å²) in [6, 6.07) is 1.11. The number of rotatable bonds is 7. The van der Waals surface area contributed by atoms with Gasteiger partial charge >= 0.3 is 12.1 Å². The van der Waals surface area contributed by atoms with Crippen LogP contribution in [-0.2, 0) is 4.74 Å². The Morgan fingerprint density at radius 3 is 2.58 bits per heavy atom. The van der Waals surface area contributed by atoms with Gasteiger partial charge in [-0.2, -0.15) is 0 Å². The third-order valence-corrected chi connectivity index (χ3v) is 8.89. The molecule has 8 nitrogen and oxygen atoms in total. The Hall–Kier alpha value is -2.35. The lowest BCUT2D eigenvalue weighted by molar-refractivity contribution is -0.0148. The average Bonchev–Trinajstić information content (AvgIpc) is 3.53. The van der Waals surface area contributed by atoms with E-state index >= 15 is 0 Å². The number of likely N-dealkylation sites (N-methyl/N-ethyl adjacent to an activating group) is 1. The first-order chi connectivity index (χ1) is 17.4. The summed E-state index contributed by atoms with van der Waals surface area (Å²) in [5.41, 5.74) is 1.12. The molecule has 8 heteroatoms. The number of allylic oxidation sites excluding steroid dienone is 3. The summed E-state index contributed by atoms with van der Waals surface area (Å²) in [7, 11) is 1.87. The van der Waals surface area contributed by atoms with Crippen molar-refractivity contribution in [2.75, 3.05) is 52.9 Å². The lowest BCUT2D eigenvalue weighted by Gasteiger charge is -2.52. The number of nitrogens with zero attached hydrogens (tertiary/aromatic N) is 5. The Morgan fingerprint density at radius 1 is 1.17 bits per heavy atom. The molecule has 0 aromatic carbocycles. The van der Waals surface area contributed by atoms with Gasteiger partial charge in [0.1, 0.15) is 0 Å². The van der Waals surface area contributed by atoms with Crippen molar-refractivity contribution in [1.82, 2.24) is 19.6 Å². The number of amides is 3. The van der Waals surface area contributed by atoms with Crippen molar-refractivity contribution >= 4 is 18.8 Å². The summed E-state index contributed by atoms with van der Waals surface area (Å²) in [6.45, 7) is 13.2. The topological polar surface area (TPSA) is 68.7 Å². The molecule has 0 radical (unpaired) electrons. The maximum absolute atomic E-state index is 13.3. The van der Waals surface area contributed by atoms with Crippen molar-refractivity contribution in [2.24, 2.45) is 16.3 Å². The molecule has 0 aromatic rings. The fourth-order valence-corrected chi connectivity index (χ4v) is 6.92. The van der Waals surface area contributed by atoms with E-state index in [0.29, 0.717) is 36.6 Å². The van der Waals surface area contributed by atoms with Crippen LogP contribution in [0.1, 0.15) is 58.8 Å². The van der Waals surface area contributed by atoms with Crippen LogP contribution < -0.4 is 0 Å². The number of carbonyl (C=O) groups is 2. The maximum atomic E-state index is 13.3. The minimum Gasteiger partial charge on any atom is -0.450 e. The van der Waals surface area contributed by atoms with E-state index in [2.05, 4.69) is 21.5 Å². The number of ether oxygens (including phenoxy) is 1. The van der Waals surface area contributed by atoms with E-state index in [4.69, 9.17) is 4.74 Å². The van der Waals surface area contributed by atoms with Crippen LogP contribution in [0.5, 0.6) is 0 Å². The van der Waals surface area contributed by atoms with Crippen LogP contribution in [-0.4, -0.2) is 103 Å². The zero-order chi connectivity index (χ0) is 25.7. The molecule has 3 heterocycles. The normalized spacial score (nSPS) is 29.7. The summed E-state index contributed by atoms with van der Waals surface area (Å²) >= 11 is 0. The van der Waals surface area contributed by atoms with Gasteiger partial charge in [-0.3, -0.25) is 4.99 Å². The largest absolute Gasteiger partial charge is 0.450 e. The third-order valence-electron chi connectivity index (χ3n) is 8.89. The van der Waals surface area contributed by atoms with E-state index < -0.39 is 0 Å². The second-order valence-corrected chi connectivity index (χ2v) is 11.2. The molecule has 1 spiro atoms. The molecule has 4 fully saturated rings. The van der Waals surface area contributed by atoms with Crippen molar-refractivity contribution in [3.05, 3.63) is 23.9 Å². The highest BCUT2D eigenvalue weighted by atomic mass is 16.6. The molecule has 4 aliphatic rings. The minimum atomic E-state index is -0.147. The molecule has 3 amide bonds. The third kappa shape index (κ3) is 5.79. The standard InChI is InChI=1S/C28H45N5O3/c1-5-7-9-23(29-3)20-30(4)26(34)33-14-8-10-25(33)22-11-15-31(16-12-22)24-18-28(19-24)13-17-32(21-28)27(35)36-6-2/h5,7,9,22,24-25H,3,6,8,10-21H2,1-2,4H3. The lowest BCUT2D eigenvalue weighted by atomic mass is 9.64. The predicted molar refractivity (Wildman–Crippen MR) is 143 cm³/mol. The van der Waals surface area contributed by atoms with Crippen LogP contribution in [0.4, 0.5) is 9.59 Å². The quantitative estimate of drug-likeness (QED) is 0.385. The van der Waals surface area contributed by atoms with E-state index in [9.17, 15) is 9.59 Å². The fraction of sp³-hybridized carbons (Fsp3) is 0.750. The Morgan fingerprint density at radius 2 is 1.92 bits per heavy atom. The first-order valence-electron chi connectivity index (χ1n) is 13.9. The molecule has 200 valence electrons.